The van der Waals surface area contributed by atoms with Crippen molar-refractivity contribution in [2.45, 2.75) is 51.9 Å². The number of amides is 3. The van der Waals surface area contributed by atoms with Crippen LogP contribution in [0.15, 0.2) is 54.7 Å². The Kier molecular flexibility index (Phi) is 9.14. The second kappa shape index (κ2) is 12.9. The Bertz CT molecular complexity index is 1290. The summed E-state index contributed by atoms with van der Waals surface area (Å²) in [5.41, 5.74) is 1.77. The predicted molar refractivity (Wildman–Crippen MR) is 143 cm³/mol. The Hall–Kier alpha value is -4.41. The quantitative estimate of drug-likeness (QED) is 0.425. The molecule has 2 aromatic carbocycles. The van der Waals surface area contributed by atoms with Crippen molar-refractivity contribution in [2.24, 2.45) is 5.92 Å². The second-order valence-corrected chi connectivity index (χ2v) is 9.81. The van der Waals surface area contributed by atoms with Crippen molar-refractivity contribution < 1.29 is 23.9 Å². The van der Waals surface area contributed by atoms with Gasteiger partial charge in [0.05, 0.1) is 26.4 Å². The maximum absolute atomic E-state index is 13.5. The summed E-state index contributed by atoms with van der Waals surface area (Å²) in [6.07, 6.45) is 2.40. The van der Waals surface area contributed by atoms with Gasteiger partial charge in [0.25, 0.3) is 5.91 Å². The molecule has 0 saturated carbocycles. The third-order valence-corrected chi connectivity index (χ3v) is 6.28. The molecule has 3 heterocycles. The van der Waals surface area contributed by atoms with Crippen LogP contribution < -0.4 is 25.4 Å². The van der Waals surface area contributed by atoms with Gasteiger partial charge in [-0.05, 0) is 36.1 Å². The summed E-state index contributed by atoms with van der Waals surface area (Å²) in [5, 5.41) is 16.8. The third kappa shape index (κ3) is 7.56. The smallest absolute Gasteiger partial charge is 0.252 e. The van der Waals surface area contributed by atoms with E-state index in [0.29, 0.717) is 35.7 Å². The van der Waals surface area contributed by atoms with Gasteiger partial charge in [0.1, 0.15) is 24.4 Å². The van der Waals surface area contributed by atoms with Crippen molar-refractivity contribution in [3.05, 3.63) is 71.5 Å². The van der Waals surface area contributed by atoms with Crippen LogP contribution in [0.1, 0.15) is 41.9 Å². The maximum Gasteiger partial charge on any atom is 0.252 e. The van der Waals surface area contributed by atoms with Crippen LogP contribution in [-0.4, -0.2) is 58.5 Å². The highest BCUT2D eigenvalue weighted by molar-refractivity contribution is 5.98. The second-order valence-electron chi connectivity index (χ2n) is 9.81. The average Bonchev–Trinajstić information content (AvgIpc) is 3.38. The molecule has 5 rings (SSSR count). The fourth-order valence-corrected chi connectivity index (χ4v) is 4.28. The number of rotatable bonds is 5. The molecule has 0 unspecified atom stereocenters. The largest absolute Gasteiger partial charge is 0.493 e. The number of hydrogen-bond acceptors (Lipinski definition) is 7. The van der Waals surface area contributed by atoms with Crippen molar-refractivity contribution in [2.75, 3.05) is 13.7 Å². The van der Waals surface area contributed by atoms with Crippen molar-refractivity contribution in [3.63, 3.8) is 0 Å². The van der Waals surface area contributed by atoms with Crippen molar-refractivity contribution in [1.29, 1.82) is 0 Å². The fourth-order valence-electron chi connectivity index (χ4n) is 4.28. The molecule has 3 N–H and O–H groups in total. The Morgan fingerprint density at radius 2 is 1.85 bits per heavy atom. The minimum atomic E-state index is -0.864. The number of ether oxygens (including phenoxy) is 2. The van der Waals surface area contributed by atoms with Crippen molar-refractivity contribution in [3.8, 4) is 11.5 Å². The predicted octanol–water partition coefficient (Wildman–Crippen LogP) is 1.87. The number of aromatic nitrogens is 3. The summed E-state index contributed by atoms with van der Waals surface area (Å²) in [6.45, 7) is 4.76. The van der Waals surface area contributed by atoms with Gasteiger partial charge in [0, 0.05) is 12.0 Å². The number of benzene rings is 2. The van der Waals surface area contributed by atoms with E-state index >= 15 is 0 Å². The molecule has 3 amide bonds. The molecule has 11 heteroatoms. The van der Waals surface area contributed by atoms with E-state index in [1.54, 1.807) is 29.1 Å². The molecule has 0 spiro atoms. The van der Waals surface area contributed by atoms with Crippen LogP contribution in [0.4, 0.5) is 0 Å². The van der Waals surface area contributed by atoms with Crippen molar-refractivity contribution >= 4 is 17.7 Å². The summed E-state index contributed by atoms with van der Waals surface area (Å²) in [5.74, 6) is -0.266. The highest BCUT2D eigenvalue weighted by Gasteiger charge is 2.28. The van der Waals surface area contributed by atoms with Crippen LogP contribution in [0.5, 0.6) is 11.5 Å². The number of methoxy groups -OCH3 is 1. The number of hydrogen-bond donors (Lipinski definition) is 3. The number of nitrogens with zero attached hydrogens (tertiary/aromatic N) is 3. The van der Waals surface area contributed by atoms with E-state index in [4.69, 9.17) is 9.47 Å². The van der Waals surface area contributed by atoms with E-state index in [9.17, 15) is 14.4 Å². The number of carbonyl (C=O) groups is 3. The molecule has 206 valence electrons. The summed E-state index contributed by atoms with van der Waals surface area (Å²) < 4.78 is 12.9. The van der Waals surface area contributed by atoms with Crippen LogP contribution in [-0.2, 0) is 29.1 Å². The van der Waals surface area contributed by atoms with Crippen LogP contribution in [0, 0.1) is 5.92 Å². The molecule has 0 aliphatic carbocycles. The lowest BCUT2D eigenvalue weighted by atomic mass is 10.0. The highest BCUT2D eigenvalue weighted by atomic mass is 16.5. The van der Waals surface area contributed by atoms with Gasteiger partial charge in [-0.3, -0.25) is 14.4 Å². The van der Waals surface area contributed by atoms with Crippen LogP contribution in [0.2, 0.25) is 0 Å². The van der Waals surface area contributed by atoms with Gasteiger partial charge in [-0.1, -0.05) is 49.4 Å². The first kappa shape index (κ1) is 27.6. The van der Waals surface area contributed by atoms with E-state index in [-0.39, 0.29) is 31.4 Å². The summed E-state index contributed by atoms with van der Waals surface area (Å²) >= 11 is 0. The SMILES string of the molecule is COc1cc2ccc1OCCn1cc(nn1)CNC(=O)[C@H](Cc1ccccc1)NC(=O)[C@H](CC(C)C)NC2=O. The maximum atomic E-state index is 13.5. The van der Waals surface area contributed by atoms with E-state index in [1.807, 2.05) is 44.2 Å². The molecule has 11 nitrogen and oxygen atoms in total. The van der Waals surface area contributed by atoms with Gasteiger partial charge in [0.2, 0.25) is 11.8 Å². The number of carbonyl (C=O) groups excluding carboxylic acids is 3. The lowest BCUT2D eigenvalue weighted by Gasteiger charge is -2.24. The Morgan fingerprint density at radius 1 is 1.05 bits per heavy atom. The Balaban J connectivity index is 1.65. The first-order valence-corrected chi connectivity index (χ1v) is 12.9. The van der Waals surface area contributed by atoms with Gasteiger partial charge < -0.3 is 25.4 Å². The van der Waals surface area contributed by atoms with E-state index in [1.165, 1.54) is 7.11 Å². The van der Waals surface area contributed by atoms with Gasteiger partial charge in [-0.25, -0.2) is 4.68 Å². The summed E-state index contributed by atoms with van der Waals surface area (Å²) in [4.78, 5) is 39.9. The Morgan fingerprint density at radius 3 is 2.59 bits per heavy atom. The van der Waals surface area contributed by atoms with Gasteiger partial charge in [-0.2, -0.15) is 0 Å². The van der Waals surface area contributed by atoms with Crippen LogP contribution >= 0.6 is 0 Å². The zero-order valence-electron chi connectivity index (χ0n) is 22.3. The molecular weight excluding hydrogens is 500 g/mol. The van der Waals surface area contributed by atoms with Gasteiger partial charge in [0.15, 0.2) is 11.5 Å². The zero-order valence-corrected chi connectivity index (χ0v) is 22.3. The molecule has 1 aromatic heterocycles. The number of fused-ring (bicyclic) bond motifs is 12. The van der Waals surface area contributed by atoms with Gasteiger partial charge >= 0.3 is 0 Å². The normalized spacial score (nSPS) is 18.7. The molecule has 0 saturated heterocycles. The molecule has 4 bridgehead atoms. The highest BCUT2D eigenvalue weighted by Crippen LogP contribution is 2.28. The average molecular weight is 535 g/mol. The molecule has 0 radical (unpaired) electrons. The molecule has 2 aliphatic rings. The van der Waals surface area contributed by atoms with Crippen molar-refractivity contribution in [1.82, 2.24) is 30.9 Å². The van der Waals surface area contributed by atoms with E-state index in [0.717, 1.165) is 5.56 Å². The first-order valence-electron chi connectivity index (χ1n) is 12.9. The minimum absolute atomic E-state index is 0.108. The summed E-state index contributed by atoms with van der Waals surface area (Å²) in [7, 11) is 1.50. The van der Waals surface area contributed by atoms with Gasteiger partial charge in [-0.15, -0.1) is 5.10 Å². The Labute approximate surface area is 227 Å². The molecule has 2 atom stereocenters. The molecule has 0 fully saturated rings. The fraction of sp³-hybridized carbons (Fsp3) is 0.393. The monoisotopic (exact) mass is 534 g/mol. The summed E-state index contributed by atoms with van der Waals surface area (Å²) in [6, 6.07) is 12.6. The molecular formula is C28H34N6O5. The van der Waals surface area contributed by atoms with Crippen LogP contribution in [0.3, 0.4) is 0 Å². The zero-order chi connectivity index (χ0) is 27.8. The topological polar surface area (TPSA) is 136 Å². The first-order chi connectivity index (χ1) is 18.8. The molecule has 39 heavy (non-hydrogen) atoms. The molecule has 2 aliphatic heterocycles. The van der Waals surface area contributed by atoms with Crippen LogP contribution in [0.25, 0.3) is 0 Å². The van der Waals surface area contributed by atoms with E-state index < -0.39 is 23.9 Å². The lowest BCUT2D eigenvalue weighted by Crippen LogP contribution is -2.54. The molecule has 3 aromatic rings. The standard InChI is InChI=1S/C28H34N6O5/c1-18(2)13-22-28(37)31-23(14-19-7-5-4-6-8-19)27(36)29-16-21-17-34(33-32-21)11-12-39-24-10-9-20(26(35)30-22)15-25(24)38-3/h4-10,15,17-18,22-23H,11-14,16H2,1-3H3,(H,29,36)(H,30,35)(H,31,37)/t22-,23-/m0/s1. The third-order valence-electron chi connectivity index (χ3n) is 6.28. The van der Waals surface area contributed by atoms with E-state index in [2.05, 4.69) is 26.3 Å². The number of nitrogens with one attached hydrogen (secondary N) is 3. The minimum Gasteiger partial charge on any atom is -0.493 e. The lowest BCUT2D eigenvalue weighted by molar-refractivity contribution is -0.130.